The fraction of sp³-hybridized carbons (Fsp3) is 0.435. The Bertz CT molecular complexity index is 904. The van der Waals surface area contributed by atoms with Crippen molar-refractivity contribution in [2.24, 2.45) is 0 Å². The van der Waals surface area contributed by atoms with E-state index in [1.807, 2.05) is 29.2 Å². The molecule has 0 N–H and O–H groups in total. The standard InChI is InChI=1S/C23H26BrCl2N3O2/c24-21-13-18(3-6-22(21)26)23(30)29-11-9-28(10-12-29)20-7-8-27(14-20)16-31-15-17-1-4-19(25)5-2-17/h1-6,13,20H,7-12,14-16H2/t20-/m1/s1. The van der Waals surface area contributed by atoms with Gasteiger partial charge in [0.05, 0.1) is 18.4 Å². The Morgan fingerprint density at radius 2 is 1.77 bits per heavy atom. The third-order valence-corrected chi connectivity index (χ3v) is 7.45. The largest absolute Gasteiger partial charge is 0.361 e. The summed E-state index contributed by atoms with van der Waals surface area (Å²) in [5.74, 6) is 0.0701. The van der Waals surface area contributed by atoms with Crippen LogP contribution in [0, 0.1) is 0 Å². The second-order valence-corrected chi connectivity index (χ2v) is 9.78. The van der Waals surface area contributed by atoms with Gasteiger partial charge in [-0.25, -0.2) is 0 Å². The zero-order valence-electron chi connectivity index (χ0n) is 17.3. The van der Waals surface area contributed by atoms with Crippen LogP contribution in [0.3, 0.4) is 0 Å². The summed E-state index contributed by atoms with van der Waals surface area (Å²) in [6.07, 6.45) is 1.14. The monoisotopic (exact) mass is 525 g/mol. The highest BCUT2D eigenvalue weighted by Crippen LogP contribution is 2.24. The van der Waals surface area contributed by atoms with Gasteiger partial charge in [0.2, 0.25) is 0 Å². The lowest BCUT2D eigenvalue weighted by atomic mass is 10.1. The topological polar surface area (TPSA) is 36.0 Å². The number of likely N-dealkylation sites (tertiary alicyclic amines) is 1. The second-order valence-electron chi connectivity index (χ2n) is 8.08. The Morgan fingerprint density at radius 1 is 1.03 bits per heavy atom. The van der Waals surface area contributed by atoms with E-state index in [1.165, 1.54) is 0 Å². The summed E-state index contributed by atoms with van der Waals surface area (Å²) in [5, 5.41) is 1.36. The Kier molecular flexibility index (Phi) is 7.91. The molecule has 5 nitrogen and oxygen atoms in total. The van der Waals surface area contributed by atoms with E-state index < -0.39 is 0 Å². The Balaban J connectivity index is 1.20. The number of carbonyl (C=O) groups is 1. The maximum Gasteiger partial charge on any atom is 0.253 e. The second kappa shape index (κ2) is 10.6. The SMILES string of the molecule is O=C(c1ccc(Cl)c(Br)c1)N1CCN([C@@H]2CCN(COCc3ccc(Cl)cc3)C2)CC1. The van der Waals surface area contributed by atoms with E-state index in [-0.39, 0.29) is 5.91 Å². The van der Waals surface area contributed by atoms with E-state index in [4.69, 9.17) is 27.9 Å². The molecule has 4 rings (SSSR count). The van der Waals surface area contributed by atoms with E-state index in [2.05, 4.69) is 25.7 Å². The van der Waals surface area contributed by atoms with Gasteiger partial charge in [-0.2, -0.15) is 0 Å². The molecule has 2 aromatic rings. The van der Waals surface area contributed by atoms with Crippen molar-refractivity contribution < 1.29 is 9.53 Å². The summed E-state index contributed by atoms with van der Waals surface area (Å²) < 4.78 is 6.65. The first-order valence-corrected chi connectivity index (χ1v) is 12.1. The number of carbonyl (C=O) groups excluding carboxylic acids is 1. The first kappa shape index (κ1) is 23.0. The van der Waals surface area contributed by atoms with Gasteiger partial charge < -0.3 is 9.64 Å². The molecule has 1 atom stereocenters. The molecule has 0 spiro atoms. The fourth-order valence-electron chi connectivity index (χ4n) is 4.20. The number of benzene rings is 2. The minimum Gasteiger partial charge on any atom is -0.361 e. The third-order valence-electron chi connectivity index (χ3n) is 5.99. The smallest absolute Gasteiger partial charge is 0.253 e. The van der Waals surface area contributed by atoms with Gasteiger partial charge in [-0.3, -0.25) is 14.6 Å². The highest BCUT2D eigenvalue weighted by atomic mass is 79.9. The van der Waals surface area contributed by atoms with Crippen LogP contribution in [0.4, 0.5) is 0 Å². The summed E-state index contributed by atoms with van der Waals surface area (Å²) in [7, 11) is 0. The molecule has 0 unspecified atom stereocenters. The number of rotatable bonds is 6. The van der Waals surface area contributed by atoms with Crippen molar-refractivity contribution in [3.05, 3.63) is 68.1 Å². The summed E-state index contributed by atoms with van der Waals surface area (Å²) in [4.78, 5) is 19.6. The highest BCUT2D eigenvalue weighted by Gasteiger charge is 2.31. The van der Waals surface area contributed by atoms with E-state index in [0.29, 0.717) is 30.0 Å². The Hall–Kier alpha value is -1.15. The molecule has 2 aromatic carbocycles. The van der Waals surface area contributed by atoms with Crippen molar-refractivity contribution in [1.82, 2.24) is 14.7 Å². The molecule has 2 saturated heterocycles. The van der Waals surface area contributed by atoms with Gasteiger partial charge in [-0.1, -0.05) is 35.3 Å². The highest BCUT2D eigenvalue weighted by molar-refractivity contribution is 9.10. The van der Waals surface area contributed by atoms with Crippen LogP contribution in [-0.4, -0.2) is 72.6 Å². The summed E-state index contributed by atoms with van der Waals surface area (Å²) in [6.45, 7) is 6.62. The maximum absolute atomic E-state index is 12.8. The van der Waals surface area contributed by atoms with Gasteiger partial charge in [0.25, 0.3) is 5.91 Å². The van der Waals surface area contributed by atoms with Crippen molar-refractivity contribution in [3.63, 3.8) is 0 Å². The number of halogens is 3. The summed E-state index contributed by atoms with van der Waals surface area (Å²) >= 11 is 15.4. The van der Waals surface area contributed by atoms with E-state index in [9.17, 15) is 4.79 Å². The van der Waals surface area contributed by atoms with Crippen molar-refractivity contribution in [3.8, 4) is 0 Å². The van der Waals surface area contributed by atoms with Crippen LogP contribution < -0.4 is 0 Å². The lowest BCUT2D eigenvalue weighted by Gasteiger charge is -2.38. The molecule has 0 bridgehead atoms. The molecule has 0 aromatic heterocycles. The van der Waals surface area contributed by atoms with Crippen LogP contribution in [0.5, 0.6) is 0 Å². The number of hydrogen-bond donors (Lipinski definition) is 0. The number of nitrogens with zero attached hydrogens (tertiary/aromatic N) is 3. The molecular weight excluding hydrogens is 501 g/mol. The molecule has 2 aliphatic rings. The zero-order chi connectivity index (χ0) is 21.8. The maximum atomic E-state index is 12.8. The average molecular weight is 527 g/mol. The molecule has 31 heavy (non-hydrogen) atoms. The third kappa shape index (κ3) is 6.01. The van der Waals surface area contributed by atoms with E-state index >= 15 is 0 Å². The zero-order valence-corrected chi connectivity index (χ0v) is 20.4. The first-order valence-electron chi connectivity index (χ1n) is 10.5. The molecule has 1 amide bonds. The normalized spacial score (nSPS) is 20.4. The molecule has 0 radical (unpaired) electrons. The summed E-state index contributed by atoms with van der Waals surface area (Å²) in [5.41, 5.74) is 1.81. The minimum atomic E-state index is 0.0701. The molecule has 166 valence electrons. The predicted octanol–water partition coefficient (Wildman–Crippen LogP) is 4.76. The molecule has 2 fully saturated rings. The Labute approximate surface area is 202 Å². The molecule has 8 heteroatoms. The van der Waals surface area contributed by atoms with Gasteiger partial charge in [0.1, 0.15) is 0 Å². The van der Waals surface area contributed by atoms with E-state index in [0.717, 1.165) is 60.7 Å². The average Bonchev–Trinajstić information content (AvgIpc) is 3.25. The number of hydrogen-bond acceptors (Lipinski definition) is 4. The van der Waals surface area contributed by atoms with Crippen LogP contribution in [-0.2, 0) is 11.3 Å². The Morgan fingerprint density at radius 3 is 2.48 bits per heavy atom. The van der Waals surface area contributed by atoms with Crippen LogP contribution in [0.25, 0.3) is 0 Å². The predicted molar refractivity (Wildman–Crippen MR) is 128 cm³/mol. The first-order chi connectivity index (χ1) is 15.0. The fourth-order valence-corrected chi connectivity index (χ4v) is 4.82. The summed E-state index contributed by atoms with van der Waals surface area (Å²) in [6, 6.07) is 13.7. The van der Waals surface area contributed by atoms with Gasteiger partial charge in [-0.05, 0) is 58.2 Å². The van der Waals surface area contributed by atoms with Crippen LogP contribution in [0.1, 0.15) is 22.3 Å². The van der Waals surface area contributed by atoms with Gasteiger partial charge in [0, 0.05) is 60.4 Å². The molecule has 2 heterocycles. The van der Waals surface area contributed by atoms with Gasteiger partial charge in [-0.15, -0.1) is 0 Å². The van der Waals surface area contributed by atoms with Crippen molar-refractivity contribution >= 4 is 45.0 Å². The van der Waals surface area contributed by atoms with Crippen molar-refractivity contribution in [2.45, 2.75) is 19.1 Å². The number of amides is 1. The van der Waals surface area contributed by atoms with Gasteiger partial charge in [0.15, 0.2) is 0 Å². The van der Waals surface area contributed by atoms with Crippen molar-refractivity contribution in [2.75, 3.05) is 46.0 Å². The van der Waals surface area contributed by atoms with Crippen LogP contribution in [0.15, 0.2) is 46.9 Å². The minimum absolute atomic E-state index is 0.0701. The van der Waals surface area contributed by atoms with Crippen LogP contribution in [0.2, 0.25) is 10.0 Å². The molecule has 2 aliphatic heterocycles. The lowest BCUT2D eigenvalue weighted by molar-refractivity contribution is 0.0241. The lowest BCUT2D eigenvalue weighted by Crippen LogP contribution is -2.52. The van der Waals surface area contributed by atoms with Crippen LogP contribution >= 0.6 is 39.1 Å². The number of ether oxygens (including phenoxy) is 1. The van der Waals surface area contributed by atoms with Crippen molar-refractivity contribution in [1.29, 1.82) is 0 Å². The van der Waals surface area contributed by atoms with E-state index in [1.54, 1.807) is 18.2 Å². The van der Waals surface area contributed by atoms with Gasteiger partial charge >= 0.3 is 0 Å². The molecule has 0 saturated carbocycles. The molecule has 0 aliphatic carbocycles. The number of piperazine rings is 1. The quantitative estimate of drug-likeness (QED) is 0.543. The molecular formula is C23H26BrCl2N3O2.